The molecule has 0 spiro atoms. The van der Waals surface area contributed by atoms with Crippen molar-refractivity contribution >= 4 is 33.7 Å². The standard InChI is InChI=1S/C15H20BrN3O3/c1-15(2,3)22-14(21)19-7-5-10(9-19)13(20)18-12-8-11(16)4-6-17-12/h4,6,8,10H,5,7,9H2,1-3H3,(H,17,18,20). The third-order valence-corrected chi connectivity index (χ3v) is 3.68. The molecular weight excluding hydrogens is 350 g/mol. The molecule has 120 valence electrons. The summed E-state index contributed by atoms with van der Waals surface area (Å²) in [7, 11) is 0. The number of carbonyl (C=O) groups is 2. The van der Waals surface area contributed by atoms with Crippen LogP contribution in [0.15, 0.2) is 22.8 Å². The van der Waals surface area contributed by atoms with Crippen molar-refractivity contribution in [1.29, 1.82) is 0 Å². The van der Waals surface area contributed by atoms with Crippen LogP contribution in [-0.2, 0) is 9.53 Å². The molecule has 1 fully saturated rings. The lowest BCUT2D eigenvalue weighted by atomic mass is 10.1. The minimum absolute atomic E-state index is 0.128. The lowest BCUT2D eigenvalue weighted by Gasteiger charge is -2.24. The molecule has 1 saturated heterocycles. The minimum atomic E-state index is -0.530. The van der Waals surface area contributed by atoms with Gasteiger partial charge in [-0.3, -0.25) is 4.79 Å². The number of pyridine rings is 1. The second kappa shape index (κ2) is 6.64. The van der Waals surface area contributed by atoms with Crippen LogP contribution in [0.5, 0.6) is 0 Å². The van der Waals surface area contributed by atoms with E-state index in [-0.39, 0.29) is 17.9 Å². The van der Waals surface area contributed by atoms with Crippen LogP contribution in [0.2, 0.25) is 0 Å². The molecule has 1 unspecified atom stereocenters. The second-order valence-corrected chi connectivity index (χ2v) is 7.18. The highest BCUT2D eigenvalue weighted by atomic mass is 79.9. The summed E-state index contributed by atoms with van der Waals surface area (Å²) in [5.74, 6) is 0.125. The van der Waals surface area contributed by atoms with E-state index in [1.54, 1.807) is 23.2 Å². The van der Waals surface area contributed by atoms with Crippen molar-refractivity contribution in [3.8, 4) is 0 Å². The van der Waals surface area contributed by atoms with Crippen molar-refractivity contribution in [3.63, 3.8) is 0 Å². The number of nitrogens with one attached hydrogen (secondary N) is 1. The predicted molar refractivity (Wildman–Crippen MR) is 86.5 cm³/mol. The maximum atomic E-state index is 12.2. The molecule has 1 aromatic rings. The molecule has 1 aromatic heterocycles. The SMILES string of the molecule is CC(C)(C)OC(=O)N1CCC(C(=O)Nc2cc(Br)ccn2)C1. The van der Waals surface area contributed by atoms with Crippen LogP contribution in [-0.4, -0.2) is 40.6 Å². The van der Waals surface area contributed by atoms with Crippen LogP contribution in [0.4, 0.5) is 10.6 Å². The van der Waals surface area contributed by atoms with Crippen LogP contribution in [0, 0.1) is 5.92 Å². The van der Waals surface area contributed by atoms with Crippen LogP contribution in [0.25, 0.3) is 0 Å². The Morgan fingerprint density at radius 1 is 1.45 bits per heavy atom. The van der Waals surface area contributed by atoms with Gasteiger partial charge in [-0.1, -0.05) is 15.9 Å². The number of hydrogen-bond acceptors (Lipinski definition) is 4. The van der Waals surface area contributed by atoms with Crippen molar-refractivity contribution < 1.29 is 14.3 Å². The number of ether oxygens (including phenoxy) is 1. The number of aromatic nitrogens is 1. The topological polar surface area (TPSA) is 71.5 Å². The van der Waals surface area contributed by atoms with Gasteiger partial charge in [0.15, 0.2) is 0 Å². The Morgan fingerprint density at radius 3 is 2.82 bits per heavy atom. The summed E-state index contributed by atoms with van der Waals surface area (Å²) >= 11 is 3.33. The van der Waals surface area contributed by atoms with Gasteiger partial charge in [-0.15, -0.1) is 0 Å². The zero-order valence-electron chi connectivity index (χ0n) is 12.9. The van der Waals surface area contributed by atoms with Crippen LogP contribution < -0.4 is 5.32 Å². The van der Waals surface area contributed by atoms with Crippen LogP contribution in [0.3, 0.4) is 0 Å². The molecule has 0 bridgehead atoms. The van der Waals surface area contributed by atoms with E-state index in [0.717, 1.165) is 4.47 Å². The van der Waals surface area contributed by atoms with Crippen molar-refractivity contribution in [2.24, 2.45) is 5.92 Å². The van der Waals surface area contributed by atoms with Gasteiger partial charge in [-0.05, 0) is 39.3 Å². The number of anilines is 1. The highest BCUT2D eigenvalue weighted by molar-refractivity contribution is 9.10. The number of hydrogen-bond donors (Lipinski definition) is 1. The molecule has 6 nitrogen and oxygen atoms in total. The molecule has 2 rings (SSSR count). The molecule has 0 aliphatic carbocycles. The molecule has 1 atom stereocenters. The smallest absolute Gasteiger partial charge is 0.410 e. The first-order chi connectivity index (χ1) is 10.2. The zero-order valence-corrected chi connectivity index (χ0v) is 14.5. The van der Waals surface area contributed by atoms with Crippen LogP contribution in [0.1, 0.15) is 27.2 Å². The van der Waals surface area contributed by atoms with E-state index in [9.17, 15) is 9.59 Å². The Kier molecular flexibility index (Phi) is 5.05. The summed E-state index contributed by atoms with van der Waals surface area (Å²) in [4.78, 5) is 29.9. The normalized spacial score (nSPS) is 18.2. The highest BCUT2D eigenvalue weighted by Crippen LogP contribution is 2.21. The van der Waals surface area contributed by atoms with E-state index in [1.165, 1.54) is 0 Å². The lowest BCUT2D eigenvalue weighted by Crippen LogP contribution is -2.36. The van der Waals surface area contributed by atoms with Crippen molar-refractivity contribution in [2.45, 2.75) is 32.8 Å². The minimum Gasteiger partial charge on any atom is -0.444 e. The van der Waals surface area contributed by atoms with E-state index in [2.05, 4.69) is 26.2 Å². The van der Waals surface area contributed by atoms with Gasteiger partial charge in [0.25, 0.3) is 0 Å². The number of carbonyl (C=O) groups excluding carboxylic acids is 2. The van der Waals surface area contributed by atoms with E-state index in [4.69, 9.17) is 4.74 Å². The fraction of sp³-hybridized carbons (Fsp3) is 0.533. The van der Waals surface area contributed by atoms with E-state index < -0.39 is 5.60 Å². The first kappa shape index (κ1) is 16.7. The molecule has 2 amide bonds. The Bertz CT molecular complexity index is 571. The summed E-state index contributed by atoms with van der Waals surface area (Å²) in [5, 5.41) is 2.77. The van der Waals surface area contributed by atoms with Crippen molar-refractivity contribution in [1.82, 2.24) is 9.88 Å². The zero-order chi connectivity index (χ0) is 16.3. The van der Waals surface area contributed by atoms with Gasteiger partial charge in [-0.25, -0.2) is 9.78 Å². The molecular formula is C15H20BrN3O3. The molecule has 0 aromatic carbocycles. The molecule has 0 saturated carbocycles. The summed E-state index contributed by atoms with van der Waals surface area (Å²) in [5.41, 5.74) is -0.530. The molecule has 1 N–H and O–H groups in total. The third-order valence-electron chi connectivity index (χ3n) is 3.18. The second-order valence-electron chi connectivity index (χ2n) is 6.26. The number of nitrogens with zero attached hydrogens (tertiary/aromatic N) is 2. The monoisotopic (exact) mass is 369 g/mol. The summed E-state index contributed by atoms with van der Waals surface area (Å²) in [6, 6.07) is 3.52. The first-order valence-electron chi connectivity index (χ1n) is 7.15. The van der Waals surface area contributed by atoms with E-state index >= 15 is 0 Å². The maximum absolute atomic E-state index is 12.2. The van der Waals surface area contributed by atoms with Crippen molar-refractivity contribution in [3.05, 3.63) is 22.8 Å². The fourth-order valence-corrected chi connectivity index (χ4v) is 2.50. The largest absolute Gasteiger partial charge is 0.444 e. The fourth-order valence-electron chi connectivity index (χ4n) is 2.17. The average molecular weight is 370 g/mol. The van der Waals surface area contributed by atoms with Crippen LogP contribution >= 0.6 is 15.9 Å². The molecule has 2 heterocycles. The Balaban J connectivity index is 1.90. The summed E-state index contributed by atoms with van der Waals surface area (Å²) in [6.45, 7) is 6.37. The van der Waals surface area contributed by atoms with Gasteiger partial charge in [0.1, 0.15) is 11.4 Å². The first-order valence-corrected chi connectivity index (χ1v) is 7.94. The van der Waals surface area contributed by atoms with Gasteiger partial charge in [0.05, 0.1) is 5.92 Å². The van der Waals surface area contributed by atoms with Gasteiger partial charge in [0, 0.05) is 23.8 Å². The Morgan fingerprint density at radius 2 is 2.18 bits per heavy atom. The summed E-state index contributed by atoms with van der Waals surface area (Å²) < 4.78 is 6.17. The van der Waals surface area contributed by atoms with Gasteiger partial charge in [-0.2, -0.15) is 0 Å². The van der Waals surface area contributed by atoms with E-state index in [0.29, 0.717) is 25.3 Å². The maximum Gasteiger partial charge on any atom is 0.410 e. The lowest BCUT2D eigenvalue weighted by molar-refractivity contribution is -0.119. The number of halogens is 1. The molecule has 22 heavy (non-hydrogen) atoms. The number of rotatable bonds is 2. The van der Waals surface area contributed by atoms with Gasteiger partial charge < -0.3 is 15.0 Å². The van der Waals surface area contributed by atoms with Gasteiger partial charge >= 0.3 is 6.09 Å². The van der Waals surface area contributed by atoms with E-state index in [1.807, 2.05) is 20.8 Å². The number of likely N-dealkylation sites (tertiary alicyclic amines) is 1. The Hall–Kier alpha value is -1.63. The average Bonchev–Trinajstić information content (AvgIpc) is 2.86. The number of amides is 2. The Labute approximate surface area is 138 Å². The van der Waals surface area contributed by atoms with Crippen molar-refractivity contribution in [2.75, 3.05) is 18.4 Å². The quantitative estimate of drug-likeness (QED) is 0.869. The predicted octanol–water partition coefficient (Wildman–Crippen LogP) is 3.04. The third kappa shape index (κ3) is 4.69. The molecule has 1 aliphatic rings. The summed E-state index contributed by atoms with van der Waals surface area (Å²) in [6.07, 6.45) is 1.86. The highest BCUT2D eigenvalue weighted by Gasteiger charge is 2.33. The molecule has 7 heteroatoms. The van der Waals surface area contributed by atoms with Gasteiger partial charge in [0.2, 0.25) is 5.91 Å². The molecule has 0 radical (unpaired) electrons. The molecule has 1 aliphatic heterocycles.